The molecule has 4 heteroatoms. The molecule has 1 aliphatic rings. The number of halogens is 1. The molecule has 1 aromatic heterocycles. The quantitative estimate of drug-likeness (QED) is 0.876. The topological polar surface area (TPSA) is 50.9 Å². The summed E-state index contributed by atoms with van der Waals surface area (Å²) in [7, 11) is 0. The van der Waals surface area contributed by atoms with Crippen LogP contribution in [0.25, 0.3) is 0 Å². The van der Waals surface area contributed by atoms with E-state index in [0.717, 1.165) is 16.2 Å². The number of nitrogens with one attached hydrogen (secondary N) is 1. The number of hydrogen-bond acceptors (Lipinski definition) is 3. The van der Waals surface area contributed by atoms with Crippen LogP contribution in [0.15, 0.2) is 16.7 Å². The summed E-state index contributed by atoms with van der Waals surface area (Å²) in [6.45, 7) is 4.66. The lowest BCUT2D eigenvalue weighted by molar-refractivity contribution is 0.276. The van der Waals surface area contributed by atoms with Crippen molar-refractivity contribution in [2.45, 2.75) is 39.2 Å². The van der Waals surface area contributed by atoms with Gasteiger partial charge in [-0.3, -0.25) is 0 Å². The highest BCUT2D eigenvalue weighted by Gasteiger charge is 2.25. The first kappa shape index (κ1) is 12.7. The zero-order chi connectivity index (χ0) is 12.4. The highest BCUT2D eigenvalue weighted by molar-refractivity contribution is 9.10. The summed E-state index contributed by atoms with van der Waals surface area (Å²) in [5.41, 5.74) is 6.37. The largest absolute Gasteiger partial charge is 0.397 e. The summed E-state index contributed by atoms with van der Waals surface area (Å²) in [4.78, 5) is 4.34. The van der Waals surface area contributed by atoms with Gasteiger partial charge in [0, 0.05) is 6.04 Å². The van der Waals surface area contributed by atoms with E-state index in [1.807, 2.05) is 6.07 Å². The van der Waals surface area contributed by atoms with Crippen LogP contribution in [0.1, 0.15) is 33.1 Å². The molecule has 0 aliphatic heterocycles. The van der Waals surface area contributed by atoms with Crippen LogP contribution in [0, 0.1) is 11.8 Å². The molecule has 0 radical (unpaired) electrons. The third kappa shape index (κ3) is 3.12. The predicted molar refractivity (Wildman–Crippen MR) is 75.9 cm³/mol. The number of nitrogen functional groups attached to an aromatic ring is 1. The van der Waals surface area contributed by atoms with Crippen LogP contribution in [0.4, 0.5) is 11.5 Å². The van der Waals surface area contributed by atoms with Crippen LogP contribution >= 0.6 is 15.9 Å². The Balaban J connectivity index is 2.05. The van der Waals surface area contributed by atoms with Crippen molar-refractivity contribution in [2.75, 3.05) is 11.1 Å². The Kier molecular flexibility index (Phi) is 3.92. The molecule has 1 aromatic rings. The number of anilines is 2. The van der Waals surface area contributed by atoms with E-state index in [9.17, 15) is 0 Å². The summed E-state index contributed by atoms with van der Waals surface area (Å²) in [5.74, 6) is 2.46. The van der Waals surface area contributed by atoms with E-state index in [1.54, 1.807) is 6.20 Å². The van der Waals surface area contributed by atoms with Crippen molar-refractivity contribution in [1.29, 1.82) is 0 Å². The number of rotatable bonds is 2. The Morgan fingerprint density at radius 3 is 2.82 bits per heavy atom. The molecule has 3 N–H and O–H groups in total. The van der Waals surface area contributed by atoms with Gasteiger partial charge in [0.25, 0.3) is 0 Å². The molecule has 3 atom stereocenters. The van der Waals surface area contributed by atoms with Crippen molar-refractivity contribution >= 4 is 27.4 Å². The summed E-state index contributed by atoms with van der Waals surface area (Å²) >= 11 is 3.50. The SMILES string of the molecule is CC1CCC(Nc2ncc(N)cc2Br)C(C)C1. The summed E-state index contributed by atoms with van der Waals surface area (Å²) in [5, 5.41) is 3.53. The van der Waals surface area contributed by atoms with Crippen molar-refractivity contribution in [2.24, 2.45) is 11.8 Å². The van der Waals surface area contributed by atoms with Crippen LogP contribution in [-0.4, -0.2) is 11.0 Å². The van der Waals surface area contributed by atoms with Gasteiger partial charge in [0.1, 0.15) is 5.82 Å². The fraction of sp³-hybridized carbons (Fsp3) is 0.615. The van der Waals surface area contributed by atoms with E-state index in [2.05, 4.69) is 40.1 Å². The second-order valence-corrected chi connectivity index (χ2v) is 6.10. The normalized spacial score (nSPS) is 29.0. The molecular formula is C13H20BrN3. The van der Waals surface area contributed by atoms with Gasteiger partial charge in [0.05, 0.1) is 16.4 Å². The molecule has 3 unspecified atom stereocenters. The number of aromatic nitrogens is 1. The molecule has 0 spiro atoms. The monoisotopic (exact) mass is 297 g/mol. The lowest BCUT2D eigenvalue weighted by Crippen LogP contribution is -2.33. The lowest BCUT2D eigenvalue weighted by atomic mass is 9.80. The first-order valence-electron chi connectivity index (χ1n) is 6.24. The van der Waals surface area contributed by atoms with E-state index in [0.29, 0.717) is 17.6 Å². The number of hydrogen-bond donors (Lipinski definition) is 2. The van der Waals surface area contributed by atoms with Gasteiger partial charge in [0.2, 0.25) is 0 Å². The highest BCUT2D eigenvalue weighted by Crippen LogP contribution is 2.32. The molecule has 0 bridgehead atoms. The molecule has 94 valence electrons. The lowest BCUT2D eigenvalue weighted by Gasteiger charge is -2.33. The van der Waals surface area contributed by atoms with Crippen molar-refractivity contribution in [3.05, 3.63) is 16.7 Å². The smallest absolute Gasteiger partial charge is 0.140 e. The van der Waals surface area contributed by atoms with Crippen molar-refractivity contribution in [1.82, 2.24) is 4.98 Å². The first-order chi connectivity index (χ1) is 8.06. The fourth-order valence-electron chi connectivity index (χ4n) is 2.61. The van der Waals surface area contributed by atoms with Gasteiger partial charge in [-0.2, -0.15) is 0 Å². The molecule has 3 nitrogen and oxygen atoms in total. The maximum absolute atomic E-state index is 5.69. The van der Waals surface area contributed by atoms with Gasteiger partial charge in [-0.15, -0.1) is 0 Å². The van der Waals surface area contributed by atoms with Crippen molar-refractivity contribution in [3.8, 4) is 0 Å². The summed E-state index contributed by atoms with van der Waals surface area (Å²) in [6, 6.07) is 2.42. The molecule has 1 heterocycles. The van der Waals surface area contributed by atoms with E-state index >= 15 is 0 Å². The van der Waals surface area contributed by atoms with Gasteiger partial charge in [-0.1, -0.05) is 13.8 Å². The van der Waals surface area contributed by atoms with Crippen LogP contribution in [-0.2, 0) is 0 Å². The molecular weight excluding hydrogens is 278 g/mol. The van der Waals surface area contributed by atoms with Crippen molar-refractivity contribution < 1.29 is 0 Å². The predicted octanol–water partition coefficient (Wildman–Crippen LogP) is 3.66. The molecule has 0 aromatic carbocycles. The van der Waals surface area contributed by atoms with Crippen molar-refractivity contribution in [3.63, 3.8) is 0 Å². The van der Waals surface area contributed by atoms with Crippen LogP contribution < -0.4 is 11.1 Å². The van der Waals surface area contributed by atoms with Gasteiger partial charge >= 0.3 is 0 Å². The third-order valence-electron chi connectivity index (χ3n) is 3.62. The van der Waals surface area contributed by atoms with E-state index in [1.165, 1.54) is 19.3 Å². The molecule has 17 heavy (non-hydrogen) atoms. The summed E-state index contributed by atoms with van der Waals surface area (Å²) < 4.78 is 0.948. The van der Waals surface area contributed by atoms with Crippen LogP contribution in [0.2, 0.25) is 0 Å². The Hall–Kier alpha value is -0.770. The Labute approximate surface area is 111 Å². The minimum absolute atomic E-state index is 0.527. The summed E-state index contributed by atoms with van der Waals surface area (Å²) in [6.07, 6.45) is 5.52. The zero-order valence-electron chi connectivity index (χ0n) is 10.4. The molecule has 1 fully saturated rings. The number of nitrogens with zero attached hydrogens (tertiary/aromatic N) is 1. The van der Waals surface area contributed by atoms with Gasteiger partial charge in [-0.25, -0.2) is 4.98 Å². The number of pyridine rings is 1. The van der Waals surface area contributed by atoms with Crippen LogP contribution in [0.3, 0.4) is 0 Å². The molecule has 1 aliphatic carbocycles. The average molecular weight is 298 g/mol. The van der Waals surface area contributed by atoms with Crippen LogP contribution in [0.5, 0.6) is 0 Å². The maximum atomic E-state index is 5.69. The highest BCUT2D eigenvalue weighted by atomic mass is 79.9. The van der Waals surface area contributed by atoms with E-state index < -0.39 is 0 Å². The van der Waals surface area contributed by atoms with E-state index in [-0.39, 0.29) is 0 Å². The average Bonchev–Trinajstić information content (AvgIpc) is 2.25. The first-order valence-corrected chi connectivity index (χ1v) is 7.03. The third-order valence-corrected chi connectivity index (χ3v) is 4.22. The molecule has 0 saturated heterocycles. The minimum Gasteiger partial charge on any atom is -0.397 e. The Bertz CT molecular complexity index is 394. The molecule has 1 saturated carbocycles. The minimum atomic E-state index is 0.527. The Morgan fingerprint density at radius 2 is 2.18 bits per heavy atom. The maximum Gasteiger partial charge on any atom is 0.140 e. The molecule has 2 rings (SSSR count). The Morgan fingerprint density at radius 1 is 1.41 bits per heavy atom. The standard InChI is InChI=1S/C13H20BrN3/c1-8-3-4-12(9(2)5-8)17-13-11(14)6-10(15)7-16-13/h6-9,12H,3-5,15H2,1-2H3,(H,16,17). The van der Waals surface area contributed by atoms with Gasteiger partial charge < -0.3 is 11.1 Å². The fourth-order valence-corrected chi connectivity index (χ4v) is 3.10. The second-order valence-electron chi connectivity index (χ2n) is 5.25. The van der Waals surface area contributed by atoms with Gasteiger partial charge in [-0.05, 0) is 53.1 Å². The van der Waals surface area contributed by atoms with E-state index in [4.69, 9.17) is 5.73 Å². The molecule has 0 amide bonds. The number of nitrogens with two attached hydrogens (primary N) is 1. The van der Waals surface area contributed by atoms with Gasteiger partial charge in [0.15, 0.2) is 0 Å². The second kappa shape index (κ2) is 5.25. The zero-order valence-corrected chi connectivity index (χ0v) is 12.0.